The number of carbonyl (C=O) groups is 3. The number of fused-ring (bicyclic) bond motifs is 2. The van der Waals surface area contributed by atoms with Crippen molar-refractivity contribution in [3.8, 4) is 0 Å². The number of aromatic nitrogens is 2. The summed E-state index contributed by atoms with van der Waals surface area (Å²) in [4.78, 5) is 44.2. The van der Waals surface area contributed by atoms with Crippen LogP contribution in [-0.2, 0) is 27.2 Å². The van der Waals surface area contributed by atoms with Gasteiger partial charge in [-0.1, -0.05) is 84.9 Å². The number of carbonyl (C=O) groups excluding carboxylic acids is 3. The van der Waals surface area contributed by atoms with Gasteiger partial charge in [0.05, 0.1) is 6.61 Å². The van der Waals surface area contributed by atoms with Gasteiger partial charge in [-0.15, -0.1) is 0 Å². The number of ether oxygens (including phenoxy) is 1. The molecule has 0 radical (unpaired) electrons. The molecule has 1 aliphatic rings. The van der Waals surface area contributed by atoms with Gasteiger partial charge in [0, 0.05) is 18.8 Å². The molecule has 4 aromatic carbocycles. The fraction of sp³-hybridized carbons (Fsp3) is 0.306. The number of nitrogens with one attached hydrogen (secondary N) is 3. The van der Waals surface area contributed by atoms with E-state index in [9.17, 15) is 14.4 Å². The number of esters is 1. The van der Waals surface area contributed by atoms with E-state index < -0.39 is 24.0 Å². The lowest BCUT2D eigenvalue weighted by atomic mass is 9.95. The van der Waals surface area contributed by atoms with E-state index in [1.165, 1.54) is 0 Å². The molecule has 0 aliphatic carbocycles. The molecule has 1 saturated heterocycles. The predicted molar refractivity (Wildman–Crippen MR) is 174 cm³/mol. The first-order valence-electron chi connectivity index (χ1n) is 15.7. The summed E-state index contributed by atoms with van der Waals surface area (Å²) in [6.07, 6.45) is 2.01. The third-order valence-electron chi connectivity index (χ3n) is 8.36. The van der Waals surface area contributed by atoms with Crippen molar-refractivity contribution in [3.63, 3.8) is 0 Å². The number of hydrogen-bond acceptors (Lipinski definition) is 8. The van der Waals surface area contributed by atoms with Gasteiger partial charge in [-0.3, -0.25) is 9.59 Å². The monoisotopic (exact) mass is 619 g/mol. The molecule has 1 fully saturated rings. The largest absolute Gasteiger partial charge is 0.460 e. The second kappa shape index (κ2) is 14.3. The fourth-order valence-electron chi connectivity index (χ4n) is 5.91. The van der Waals surface area contributed by atoms with E-state index in [1.54, 1.807) is 6.92 Å². The molecular formula is C36H37N5O5. The molecule has 0 saturated carbocycles. The molecule has 10 heteroatoms. The molecule has 2 amide bonds. The van der Waals surface area contributed by atoms with Gasteiger partial charge in [0.25, 0.3) is 5.82 Å². The van der Waals surface area contributed by atoms with Crippen LogP contribution in [-0.4, -0.2) is 53.7 Å². The Morgan fingerprint density at radius 3 is 2.09 bits per heavy atom. The zero-order valence-electron chi connectivity index (χ0n) is 25.7. The highest BCUT2D eigenvalue weighted by Gasteiger charge is 2.31. The van der Waals surface area contributed by atoms with Crippen LogP contribution in [0.1, 0.15) is 53.4 Å². The average molecular weight is 620 g/mol. The van der Waals surface area contributed by atoms with Crippen LogP contribution in [0.4, 0.5) is 0 Å². The maximum Gasteiger partial charge on any atom is 0.379 e. The first-order valence-corrected chi connectivity index (χ1v) is 15.7. The van der Waals surface area contributed by atoms with E-state index in [0.717, 1.165) is 45.8 Å². The normalized spacial score (nSPS) is 14.9. The molecule has 1 aromatic heterocycles. The van der Waals surface area contributed by atoms with Crippen molar-refractivity contribution in [3.05, 3.63) is 108 Å². The Hall–Kier alpha value is -5.09. The van der Waals surface area contributed by atoms with Gasteiger partial charge < -0.3 is 25.2 Å². The zero-order valence-corrected chi connectivity index (χ0v) is 25.7. The number of piperidine rings is 1. The van der Waals surface area contributed by atoms with Gasteiger partial charge >= 0.3 is 5.97 Å². The number of nitrogens with zero attached hydrogens (tertiary/aromatic N) is 2. The third kappa shape index (κ3) is 7.40. The summed E-state index contributed by atoms with van der Waals surface area (Å²) >= 11 is 0. The summed E-state index contributed by atoms with van der Waals surface area (Å²) in [6.45, 7) is 3.36. The van der Waals surface area contributed by atoms with Crippen molar-refractivity contribution in [2.45, 2.75) is 44.7 Å². The molecule has 46 heavy (non-hydrogen) atoms. The zero-order chi connectivity index (χ0) is 31.9. The van der Waals surface area contributed by atoms with Crippen molar-refractivity contribution in [2.24, 2.45) is 5.92 Å². The Kier molecular flexibility index (Phi) is 9.64. The summed E-state index contributed by atoms with van der Waals surface area (Å²) in [6, 6.07) is 26.5. The van der Waals surface area contributed by atoms with Crippen LogP contribution >= 0.6 is 0 Å². The second-order valence-corrected chi connectivity index (χ2v) is 11.6. The number of amides is 2. The Labute approximate surface area is 266 Å². The van der Waals surface area contributed by atoms with Crippen molar-refractivity contribution in [1.29, 1.82) is 0 Å². The lowest BCUT2D eigenvalue weighted by molar-refractivity contribution is -0.132. The molecule has 0 spiro atoms. The highest BCUT2D eigenvalue weighted by atomic mass is 16.5. The smallest absolute Gasteiger partial charge is 0.379 e. The number of hydrogen-bond donors (Lipinski definition) is 3. The Balaban J connectivity index is 1.29. The highest BCUT2D eigenvalue weighted by molar-refractivity contribution is 5.90. The molecule has 2 atom stereocenters. The fourth-order valence-corrected chi connectivity index (χ4v) is 5.91. The van der Waals surface area contributed by atoms with Crippen LogP contribution in [0, 0.1) is 5.92 Å². The summed E-state index contributed by atoms with van der Waals surface area (Å²) in [5, 5.41) is 17.5. The number of rotatable bonds is 11. The van der Waals surface area contributed by atoms with E-state index >= 15 is 0 Å². The molecule has 10 nitrogen and oxygen atoms in total. The van der Waals surface area contributed by atoms with E-state index in [4.69, 9.17) is 9.26 Å². The SMILES string of the molecule is CCOC(=O)c1noc([C@@H](Cc2ccc3ccccc3c2)NC(=O)[C@@H](Cc2ccc3ccccc3c2)NC(=O)C2CCNCC2)n1. The molecule has 0 unspecified atom stereocenters. The Morgan fingerprint density at radius 2 is 1.46 bits per heavy atom. The molecule has 6 rings (SSSR count). The minimum atomic E-state index is -0.866. The molecule has 3 N–H and O–H groups in total. The van der Waals surface area contributed by atoms with Gasteiger partial charge in [-0.05, 0) is 70.7 Å². The topological polar surface area (TPSA) is 135 Å². The third-order valence-corrected chi connectivity index (χ3v) is 8.36. The maximum absolute atomic E-state index is 14.1. The van der Waals surface area contributed by atoms with Crippen LogP contribution in [0.3, 0.4) is 0 Å². The maximum atomic E-state index is 14.1. The first kappa shape index (κ1) is 30.9. The minimum absolute atomic E-state index is 0.0682. The quantitative estimate of drug-likeness (QED) is 0.182. The van der Waals surface area contributed by atoms with E-state index in [0.29, 0.717) is 19.3 Å². The second-order valence-electron chi connectivity index (χ2n) is 11.6. The summed E-state index contributed by atoms with van der Waals surface area (Å²) in [5.41, 5.74) is 1.84. The molecular weight excluding hydrogens is 582 g/mol. The van der Waals surface area contributed by atoms with Gasteiger partial charge in [0.2, 0.25) is 17.7 Å². The van der Waals surface area contributed by atoms with Crippen molar-refractivity contribution in [1.82, 2.24) is 26.1 Å². The van der Waals surface area contributed by atoms with Crippen LogP contribution in [0.2, 0.25) is 0 Å². The van der Waals surface area contributed by atoms with Crippen LogP contribution < -0.4 is 16.0 Å². The molecule has 1 aliphatic heterocycles. The van der Waals surface area contributed by atoms with E-state index in [2.05, 4.69) is 26.1 Å². The first-order chi connectivity index (χ1) is 22.5. The standard InChI is InChI=1S/C36H37N5O5/c1-2-45-36(44)32-40-35(46-41-32)31(22-24-12-14-26-8-4-6-10-29(26)20-24)39-34(43)30(38-33(42)27-15-17-37-18-16-27)21-23-11-13-25-7-3-5-9-28(25)19-23/h3-14,19-20,27,30-31,37H,2,15-18,21-22H2,1H3,(H,38,42)(H,39,43)/t30-,31-/m1/s1. The van der Waals surface area contributed by atoms with Crippen molar-refractivity contribution in [2.75, 3.05) is 19.7 Å². The van der Waals surface area contributed by atoms with Crippen molar-refractivity contribution >= 4 is 39.3 Å². The van der Waals surface area contributed by atoms with E-state index in [-0.39, 0.29) is 36.6 Å². The number of benzene rings is 4. The molecule has 5 aromatic rings. The summed E-state index contributed by atoms with van der Waals surface area (Å²) < 4.78 is 10.5. The molecule has 2 heterocycles. The van der Waals surface area contributed by atoms with Gasteiger partial charge in [0.1, 0.15) is 12.1 Å². The molecule has 236 valence electrons. The Bertz CT molecular complexity index is 1850. The van der Waals surface area contributed by atoms with Gasteiger partial charge in [-0.2, -0.15) is 4.98 Å². The summed E-state index contributed by atoms with van der Waals surface area (Å²) in [5.74, 6) is -1.57. The van der Waals surface area contributed by atoms with Crippen molar-refractivity contribution < 1.29 is 23.6 Å². The minimum Gasteiger partial charge on any atom is -0.460 e. The Morgan fingerprint density at radius 1 is 0.848 bits per heavy atom. The lowest BCUT2D eigenvalue weighted by Crippen LogP contribution is -2.51. The van der Waals surface area contributed by atoms with Crippen LogP contribution in [0.5, 0.6) is 0 Å². The van der Waals surface area contributed by atoms with Gasteiger partial charge in [-0.25, -0.2) is 4.79 Å². The van der Waals surface area contributed by atoms with E-state index in [1.807, 2.05) is 84.9 Å². The average Bonchev–Trinajstić information content (AvgIpc) is 3.59. The summed E-state index contributed by atoms with van der Waals surface area (Å²) in [7, 11) is 0. The lowest BCUT2D eigenvalue weighted by Gasteiger charge is -2.26. The molecule has 0 bridgehead atoms. The van der Waals surface area contributed by atoms with Gasteiger partial charge in [0.15, 0.2) is 0 Å². The van der Waals surface area contributed by atoms with Crippen LogP contribution in [0.15, 0.2) is 89.5 Å². The highest BCUT2D eigenvalue weighted by Crippen LogP contribution is 2.23. The predicted octanol–water partition coefficient (Wildman–Crippen LogP) is 4.68. The van der Waals surface area contributed by atoms with Crippen LogP contribution in [0.25, 0.3) is 21.5 Å².